The zero-order valence-electron chi connectivity index (χ0n) is 33.0. The molecule has 0 unspecified atom stereocenters. The lowest BCUT2D eigenvalue weighted by molar-refractivity contribution is -0.144. The number of phenols is 1. The number of phenolic OH excluding ortho intramolecular Hbond substituents is 1. The van der Waals surface area contributed by atoms with Crippen molar-refractivity contribution in [3.8, 4) is 38.6 Å². The lowest BCUT2D eigenvalue weighted by atomic mass is 9.85. The molecule has 0 bridgehead atoms. The molecule has 12 nitrogen and oxygen atoms in total. The van der Waals surface area contributed by atoms with E-state index in [1.54, 1.807) is 35.7 Å². The van der Waals surface area contributed by atoms with Crippen LogP contribution in [0.5, 0.6) is 5.75 Å². The Hall–Kier alpha value is -5.66. The third-order valence-electron chi connectivity index (χ3n) is 10.3. The molecule has 57 heavy (non-hydrogen) atoms. The highest BCUT2D eigenvalue weighted by atomic mass is 32.1. The number of carbonyl (C=O) groups excluding carboxylic acids is 3. The van der Waals surface area contributed by atoms with Crippen molar-refractivity contribution in [2.45, 2.75) is 84.5 Å². The number of anilines is 1. The number of unbranched alkanes of at least 4 members (excludes halogenated alkanes) is 1. The quantitative estimate of drug-likeness (QED) is 0.0752. The first-order valence-electron chi connectivity index (χ1n) is 19.3. The number of benzene rings is 3. The van der Waals surface area contributed by atoms with E-state index >= 15 is 0 Å². The van der Waals surface area contributed by atoms with Crippen LogP contribution in [-0.2, 0) is 14.4 Å². The molecular weight excluding hydrogens is 739 g/mol. The van der Waals surface area contributed by atoms with Crippen molar-refractivity contribution < 1.29 is 24.6 Å². The predicted octanol–water partition coefficient (Wildman–Crippen LogP) is 6.90. The number of aliphatic hydroxyl groups is 1. The van der Waals surface area contributed by atoms with Crippen LogP contribution in [-0.4, -0.2) is 79.3 Å². The van der Waals surface area contributed by atoms with Crippen molar-refractivity contribution in [3.05, 3.63) is 102 Å². The molecule has 5 aromatic rings. The number of aromatic nitrogens is 3. The number of amides is 3. The van der Waals surface area contributed by atoms with Crippen molar-refractivity contribution in [3.63, 3.8) is 0 Å². The summed E-state index contributed by atoms with van der Waals surface area (Å²) in [5.74, 6) is -0.823. The van der Waals surface area contributed by atoms with Gasteiger partial charge in [0.15, 0.2) is 0 Å². The average Bonchev–Trinajstić information content (AvgIpc) is 3.81. The summed E-state index contributed by atoms with van der Waals surface area (Å²) >= 11 is 1.58. The Morgan fingerprint density at radius 1 is 0.947 bits per heavy atom. The van der Waals surface area contributed by atoms with Gasteiger partial charge in [0.25, 0.3) is 0 Å². The normalized spacial score (nSPS) is 16.5. The molecule has 3 amide bonds. The molecule has 3 heterocycles. The first-order chi connectivity index (χ1) is 27.3. The Labute approximate surface area is 337 Å². The fraction of sp³-hybridized carbons (Fsp3) is 0.364. The second kappa shape index (κ2) is 18.1. The molecule has 0 aliphatic carbocycles. The Morgan fingerprint density at radius 3 is 2.35 bits per heavy atom. The van der Waals surface area contributed by atoms with Gasteiger partial charge >= 0.3 is 0 Å². The van der Waals surface area contributed by atoms with Crippen LogP contribution in [0.2, 0.25) is 0 Å². The molecule has 13 heteroatoms. The molecule has 6 rings (SSSR count). The number of hydrogen-bond acceptors (Lipinski definition) is 10. The van der Waals surface area contributed by atoms with Gasteiger partial charge in [-0.05, 0) is 79.1 Å². The molecule has 2 aromatic heterocycles. The van der Waals surface area contributed by atoms with Crippen LogP contribution in [0, 0.1) is 12.3 Å². The number of carbonyl (C=O) groups is 3. The molecule has 5 N–H and O–H groups in total. The largest absolute Gasteiger partial charge is 0.507 e. The molecule has 0 radical (unpaired) electrons. The van der Waals surface area contributed by atoms with Crippen LogP contribution >= 0.6 is 11.3 Å². The van der Waals surface area contributed by atoms with E-state index < -0.39 is 23.6 Å². The van der Waals surface area contributed by atoms with Crippen LogP contribution in [0.3, 0.4) is 0 Å². The highest BCUT2D eigenvalue weighted by Crippen LogP contribution is 2.31. The number of likely N-dealkylation sites (tertiary alicyclic amines) is 1. The summed E-state index contributed by atoms with van der Waals surface area (Å²) in [5, 5.41) is 38.5. The summed E-state index contributed by atoms with van der Waals surface area (Å²) in [7, 11) is 0. The zero-order chi connectivity index (χ0) is 40.7. The van der Waals surface area contributed by atoms with Gasteiger partial charge in [0.2, 0.25) is 17.7 Å². The number of nitrogens with zero attached hydrogens (tertiary/aromatic N) is 4. The van der Waals surface area contributed by atoms with Crippen LogP contribution < -0.4 is 16.0 Å². The van der Waals surface area contributed by atoms with Crippen LogP contribution in [0.25, 0.3) is 32.8 Å². The number of aromatic hydroxyl groups is 1. The van der Waals surface area contributed by atoms with E-state index in [0.717, 1.165) is 44.9 Å². The molecule has 1 fully saturated rings. The number of aryl methyl sites for hydroxylation is 1. The highest BCUT2D eigenvalue weighted by Gasteiger charge is 2.44. The Kier molecular flexibility index (Phi) is 13.0. The molecule has 1 aliphatic heterocycles. The summed E-state index contributed by atoms with van der Waals surface area (Å²) in [6.45, 7) is 10.2. The lowest BCUT2D eigenvalue weighted by Crippen LogP contribution is -2.57. The minimum atomic E-state index is -0.882. The maximum Gasteiger partial charge on any atom is 0.246 e. The van der Waals surface area contributed by atoms with Gasteiger partial charge in [0, 0.05) is 42.7 Å². The second-order valence-electron chi connectivity index (χ2n) is 15.7. The minimum absolute atomic E-state index is 0.0159. The molecule has 1 aliphatic rings. The van der Waals surface area contributed by atoms with E-state index in [-0.39, 0.29) is 48.9 Å². The van der Waals surface area contributed by atoms with E-state index in [0.29, 0.717) is 24.2 Å². The van der Waals surface area contributed by atoms with Crippen molar-refractivity contribution >= 4 is 34.7 Å². The summed E-state index contributed by atoms with van der Waals surface area (Å²) in [6, 6.07) is 22.8. The number of para-hydroxylation sites is 1. The molecule has 1 saturated heterocycles. The van der Waals surface area contributed by atoms with E-state index in [1.165, 1.54) is 4.90 Å². The molecular formula is C44H51N7O5S. The highest BCUT2D eigenvalue weighted by molar-refractivity contribution is 7.13. The molecule has 298 valence electrons. The SMILES string of the molecule is Cc1ncsc1-c1ccc([C@H](C)NC(=O)[C@@H]2C[C@@H](O)CN2C(=O)[C@@H](NC(=O)CCCCNc2ccc(-c3cnnc(-c4ccccc4O)c3)cc2)C(C)(C)C)cc1. The van der Waals surface area contributed by atoms with Gasteiger partial charge < -0.3 is 31.1 Å². The van der Waals surface area contributed by atoms with Crippen molar-refractivity contribution in [2.24, 2.45) is 5.41 Å². The summed E-state index contributed by atoms with van der Waals surface area (Å²) in [5.41, 5.74) is 8.10. The van der Waals surface area contributed by atoms with Crippen LogP contribution in [0.1, 0.15) is 70.7 Å². The third-order valence-corrected chi connectivity index (χ3v) is 11.3. The second-order valence-corrected chi connectivity index (χ2v) is 16.5. The predicted molar refractivity (Wildman–Crippen MR) is 223 cm³/mol. The van der Waals surface area contributed by atoms with E-state index in [2.05, 4.69) is 31.1 Å². The van der Waals surface area contributed by atoms with Crippen molar-refractivity contribution in [2.75, 3.05) is 18.4 Å². The van der Waals surface area contributed by atoms with Gasteiger partial charge in [-0.25, -0.2) is 4.98 Å². The van der Waals surface area contributed by atoms with Crippen LogP contribution in [0.4, 0.5) is 5.69 Å². The average molecular weight is 790 g/mol. The maximum absolute atomic E-state index is 14.1. The fourth-order valence-corrected chi connectivity index (χ4v) is 7.83. The summed E-state index contributed by atoms with van der Waals surface area (Å²) in [4.78, 5) is 47.7. The number of β-amino-alcohol motifs (C(OH)–C–C–N with tert-alkyl or cyclic N) is 1. The fourth-order valence-electron chi connectivity index (χ4n) is 7.02. The topological polar surface area (TPSA) is 170 Å². The number of thiazole rings is 1. The van der Waals surface area contributed by atoms with Gasteiger partial charge in [-0.15, -0.1) is 11.3 Å². The number of nitrogens with one attached hydrogen (secondary N) is 3. The molecule has 3 aromatic carbocycles. The number of rotatable bonds is 14. The minimum Gasteiger partial charge on any atom is -0.507 e. The van der Waals surface area contributed by atoms with Gasteiger partial charge in [-0.1, -0.05) is 69.3 Å². The Morgan fingerprint density at radius 2 is 1.67 bits per heavy atom. The van der Waals surface area contributed by atoms with Gasteiger partial charge in [-0.2, -0.15) is 10.2 Å². The standard InChI is InChI=1S/C44H51N7O5S/c1-27(29-13-15-31(16-14-29)40-28(2)46-26-57-40)48-42(55)37-23-34(52)25-51(37)43(56)41(44(3,4)5)49-39(54)12-8-9-21-45-33-19-17-30(18-20-33)32-22-36(50-47-24-32)35-10-6-7-11-38(35)53/h6-7,10-11,13-20,22,24,26-27,34,37,41,45,52-53H,8-9,12,21,23,25H2,1-5H3,(H,48,55)(H,49,54)/t27-,34+,37-,41+/m0/s1. The first kappa shape index (κ1) is 41.0. The van der Waals surface area contributed by atoms with Crippen molar-refractivity contribution in [1.29, 1.82) is 0 Å². The summed E-state index contributed by atoms with van der Waals surface area (Å²) < 4.78 is 0. The van der Waals surface area contributed by atoms with Gasteiger partial charge in [0.05, 0.1) is 40.1 Å². The smallest absolute Gasteiger partial charge is 0.246 e. The summed E-state index contributed by atoms with van der Waals surface area (Å²) in [6.07, 6.45) is 2.53. The maximum atomic E-state index is 14.1. The van der Waals surface area contributed by atoms with Gasteiger partial charge in [-0.3, -0.25) is 14.4 Å². The molecule has 0 saturated carbocycles. The van der Waals surface area contributed by atoms with Crippen molar-refractivity contribution in [1.82, 2.24) is 30.7 Å². The molecule has 0 spiro atoms. The molecule has 4 atom stereocenters. The monoisotopic (exact) mass is 789 g/mol. The Bertz CT molecular complexity index is 2170. The zero-order valence-corrected chi connectivity index (χ0v) is 33.8. The van der Waals surface area contributed by atoms with E-state index in [1.807, 2.05) is 101 Å². The van der Waals surface area contributed by atoms with Gasteiger partial charge in [0.1, 0.15) is 17.8 Å². The third kappa shape index (κ3) is 10.2. The number of aliphatic hydroxyl groups excluding tert-OH is 1. The number of hydrogen-bond donors (Lipinski definition) is 5. The Balaban J connectivity index is 0.979. The first-order valence-corrected chi connectivity index (χ1v) is 20.2. The van der Waals surface area contributed by atoms with E-state index in [9.17, 15) is 24.6 Å². The van der Waals surface area contributed by atoms with E-state index in [4.69, 9.17) is 0 Å². The lowest BCUT2D eigenvalue weighted by Gasteiger charge is -2.35. The van der Waals surface area contributed by atoms with Crippen LogP contribution in [0.15, 0.2) is 90.6 Å².